The van der Waals surface area contributed by atoms with Crippen LogP contribution in [0, 0.1) is 17.8 Å². The number of carbonyl (C=O) groups excluding carboxylic acids is 1. The van der Waals surface area contributed by atoms with Gasteiger partial charge in [-0.1, -0.05) is 12.2 Å². The van der Waals surface area contributed by atoms with Gasteiger partial charge in [0.05, 0.1) is 5.92 Å². The van der Waals surface area contributed by atoms with Crippen molar-refractivity contribution >= 4 is 5.91 Å². The number of fused-ring (bicyclic) bond motifs is 5. The van der Waals surface area contributed by atoms with Crippen LogP contribution >= 0.6 is 0 Å². The summed E-state index contributed by atoms with van der Waals surface area (Å²) in [6.07, 6.45) is 5.68. The monoisotopic (exact) mass is 135 g/mol. The summed E-state index contributed by atoms with van der Waals surface area (Å²) in [6.45, 7) is 0. The Morgan fingerprint density at radius 3 is 2.80 bits per heavy atom. The molecule has 1 heterocycles. The van der Waals surface area contributed by atoms with E-state index < -0.39 is 0 Å². The molecule has 4 atom stereocenters. The molecule has 10 heavy (non-hydrogen) atoms. The van der Waals surface area contributed by atoms with Gasteiger partial charge in [0.15, 0.2) is 0 Å². The average molecular weight is 135 g/mol. The Hall–Kier alpha value is -0.790. The molecule has 52 valence electrons. The molecule has 1 N–H and O–H groups in total. The molecule has 1 aliphatic heterocycles. The lowest BCUT2D eigenvalue weighted by atomic mass is 9.82. The number of β-lactam (4-membered cyclic amide) rings is 1. The van der Waals surface area contributed by atoms with Crippen LogP contribution in [0.15, 0.2) is 12.2 Å². The van der Waals surface area contributed by atoms with E-state index in [0.717, 1.165) is 0 Å². The summed E-state index contributed by atoms with van der Waals surface area (Å²) >= 11 is 0. The molecule has 2 nitrogen and oxygen atoms in total. The molecule has 4 unspecified atom stereocenters. The summed E-state index contributed by atoms with van der Waals surface area (Å²) in [5.41, 5.74) is 0. The van der Waals surface area contributed by atoms with Gasteiger partial charge in [0, 0.05) is 6.04 Å². The summed E-state index contributed by atoms with van der Waals surface area (Å²) in [4.78, 5) is 11.0. The van der Waals surface area contributed by atoms with Gasteiger partial charge in [-0.25, -0.2) is 0 Å². The van der Waals surface area contributed by atoms with E-state index >= 15 is 0 Å². The topological polar surface area (TPSA) is 29.1 Å². The van der Waals surface area contributed by atoms with E-state index in [1.54, 1.807) is 0 Å². The normalized spacial score (nSPS) is 54.2. The highest BCUT2D eigenvalue weighted by Crippen LogP contribution is 2.47. The number of amides is 1. The Labute approximate surface area is 59.3 Å². The van der Waals surface area contributed by atoms with E-state index in [2.05, 4.69) is 17.5 Å². The van der Waals surface area contributed by atoms with Crippen molar-refractivity contribution in [2.45, 2.75) is 12.5 Å². The minimum Gasteiger partial charge on any atom is -0.352 e. The first kappa shape index (κ1) is 4.94. The molecule has 2 aliphatic carbocycles. The average Bonchev–Trinajstić information content (AvgIpc) is 2.40. The van der Waals surface area contributed by atoms with Gasteiger partial charge in [-0.05, 0) is 18.3 Å². The van der Waals surface area contributed by atoms with E-state index in [9.17, 15) is 4.79 Å². The van der Waals surface area contributed by atoms with Gasteiger partial charge in [-0.3, -0.25) is 4.79 Å². The molecule has 1 saturated heterocycles. The summed E-state index contributed by atoms with van der Waals surface area (Å²) in [6, 6.07) is 0.516. The predicted octanol–water partition coefficient (Wildman–Crippen LogP) is 0.307. The number of allylic oxidation sites excluding steroid dienone is 1. The standard InChI is InChI=1S/C8H9NO/c10-8-6-4-1-2-5(3-4)7(6)9-8/h1-2,4-7H,3H2,(H,9,10). The second-order valence-electron chi connectivity index (χ2n) is 3.51. The Morgan fingerprint density at radius 1 is 1.40 bits per heavy atom. The molecule has 3 aliphatic rings. The molecule has 0 radical (unpaired) electrons. The molecular formula is C8H9NO. The Morgan fingerprint density at radius 2 is 2.20 bits per heavy atom. The third-order valence-electron chi connectivity index (χ3n) is 3.07. The van der Waals surface area contributed by atoms with Gasteiger partial charge in [0.25, 0.3) is 0 Å². The Kier molecular flexibility index (Phi) is 0.636. The molecular weight excluding hydrogens is 126 g/mol. The number of rotatable bonds is 0. The maximum Gasteiger partial charge on any atom is 0.226 e. The molecule has 0 spiro atoms. The van der Waals surface area contributed by atoms with Gasteiger partial charge >= 0.3 is 0 Å². The number of hydrogen-bond acceptors (Lipinski definition) is 1. The van der Waals surface area contributed by atoms with Gasteiger partial charge < -0.3 is 5.32 Å². The van der Waals surface area contributed by atoms with Crippen molar-refractivity contribution in [2.75, 3.05) is 0 Å². The fraction of sp³-hybridized carbons (Fsp3) is 0.625. The van der Waals surface area contributed by atoms with Gasteiger partial charge in [0.2, 0.25) is 5.91 Å². The van der Waals surface area contributed by atoms with Crippen molar-refractivity contribution in [3.63, 3.8) is 0 Å². The van der Waals surface area contributed by atoms with Crippen molar-refractivity contribution in [3.05, 3.63) is 12.2 Å². The van der Waals surface area contributed by atoms with E-state index in [0.29, 0.717) is 23.8 Å². The summed E-state index contributed by atoms with van der Waals surface area (Å²) < 4.78 is 0. The molecule has 1 amide bonds. The maximum absolute atomic E-state index is 11.0. The zero-order chi connectivity index (χ0) is 6.72. The lowest BCUT2D eigenvalue weighted by Crippen LogP contribution is -2.59. The molecule has 0 aromatic carbocycles. The molecule has 0 aromatic rings. The van der Waals surface area contributed by atoms with Crippen molar-refractivity contribution in [1.82, 2.24) is 5.32 Å². The van der Waals surface area contributed by atoms with Crippen molar-refractivity contribution in [1.29, 1.82) is 0 Å². The van der Waals surface area contributed by atoms with E-state index in [1.165, 1.54) is 6.42 Å². The molecule has 3 rings (SSSR count). The van der Waals surface area contributed by atoms with Crippen LogP contribution in [0.4, 0.5) is 0 Å². The van der Waals surface area contributed by atoms with Crippen molar-refractivity contribution in [3.8, 4) is 0 Å². The maximum atomic E-state index is 11.0. The minimum absolute atomic E-state index is 0.279. The number of nitrogens with one attached hydrogen (secondary N) is 1. The van der Waals surface area contributed by atoms with Crippen LogP contribution in [0.2, 0.25) is 0 Å². The predicted molar refractivity (Wildman–Crippen MR) is 36.2 cm³/mol. The Bertz CT molecular complexity index is 233. The highest BCUT2D eigenvalue weighted by Gasteiger charge is 2.54. The van der Waals surface area contributed by atoms with Gasteiger partial charge in [0.1, 0.15) is 0 Å². The summed E-state index contributed by atoms with van der Waals surface area (Å²) in [5, 5.41) is 2.95. The zero-order valence-electron chi connectivity index (χ0n) is 5.58. The van der Waals surface area contributed by atoms with Crippen LogP contribution < -0.4 is 5.32 Å². The largest absolute Gasteiger partial charge is 0.352 e. The lowest BCUT2D eigenvalue weighted by Gasteiger charge is -2.37. The van der Waals surface area contributed by atoms with Crippen LogP contribution in [0.25, 0.3) is 0 Å². The third kappa shape index (κ3) is 0.349. The minimum atomic E-state index is 0.279. The molecule has 2 bridgehead atoms. The lowest BCUT2D eigenvalue weighted by molar-refractivity contribution is -0.135. The second-order valence-corrected chi connectivity index (χ2v) is 3.51. The molecule has 2 heteroatoms. The fourth-order valence-electron chi connectivity index (χ4n) is 2.54. The van der Waals surface area contributed by atoms with Gasteiger partial charge in [-0.2, -0.15) is 0 Å². The van der Waals surface area contributed by atoms with E-state index in [1.807, 2.05) is 0 Å². The van der Waals surface area contributed by atoms with E-state index in [-0.39, 0.29) is 5.91 Å². The zero-order valence-corrected chi connectivity index (χ0v) is 5.58. The summed E-state index contributed by atoms with van der Waals surface area (Å²) in [5.74, 6) is 1.90. The smallest absolute Gasteiger partial charge is 0.226 e. The second kappa shape index (κ2) is 1.29. The first-order valence-corrected chi connectivity index (χ1v) is 3.85. The third-order valence-corrected chi connectivity index (χ3v) is 3.07. The molecule has 1 saturated carbocycles. The van der Waals surface area contributed by atoms with Crippen LogP contribution in [-0.4, -0.2) is 11.9 Å². The SMILES string of the molecule is O=C1NC2C3C=CC(C3)C12. The first-order valence-electron chi connectivity index (χ1n) is 3.85. The van der Waals surface area contributed by atoms with Crippen LogP contribution in [-0.2, 0) is 4.79 Å². The molecule has 2 fully saturated rings. The highest BCUT2D eigenvalue weighted by molar-refractivity contribution is 5.87. The quantitative estimate of drug-likeness (QED) is 0.376. The van der Waals surface area contributed by atoms with Crippen molar-refractivity contribution in [2.24, 2.45) is 17.8 Å². The van der Waals surface area contributed by atoms with Crippen LogP contribution in [0.1, 0.15) is 6.42 Å². The number of carbonyl (C=O) groups is 1. The van der Waals surface area contributed by atoms with Crippen LogP contribution in [0.3, 0.4) is 0 Å². The fourth-order valence-corrected chi connectivity index (χ4v) is 2.54. The first-order chi connectivity index (χ1) is 4.86. The van der Waals surface area contributed by atoms with E-state index in [4.69, 9.17) is 0 Å². The number of hydrogen-bond donors (Lipinski definition) is 1. The van der Waals surface area contributed by atoms with Crippen molar-refractivity contribution < 1.29 is 4.79 Å². The summed E-state index contributed by atoms with van der Waals surface area (Å²) in [7, 11) is 0. The van der Waals surface area contributed by atoms with Crippen LogP contribution in [0.5, 0.6) is 0 Å². The van der Waals surface area contributed by atoms with Gasteiger partial charge in [-0.15, -0.1) is 0 Å². The highest BCUT2D eigenvalue weighted by atomic mass is 16.2. The molecule has 0 aromatic heterocycles. The Balaban J connectivity index is 2.03.